The molecule has 0 unspecified atom stereocenters. The molecule has 0 saturated carbocycles. The Hall–Kier alpha value is -3.81. The van der Waals surface area contributed by atoms with Crippen LogP contribution in [0, 0.1) is 0 Å². The smallest absolute Gasteiger partial charge is 0.275 e. The molecular weight excluding hydrogens is 368 g/mol. The third kappa shape index (κ3) is 3.77. The minimum Gasteiger partial charge on any atom is -0.349 e. The van der Waals surface area contributed by atoms with Gasteiger partial charge in [-0.15, -0.1) is 0 Å². The van der Waals surface area contributed by atoms with Crippen molar-refractivity contribution in [2.45, 2.75) is 25.9 Å². The second kappa shape index (κ2) is 7.67. The average molecular weight is 388 g/mol. The molecule has 29 heavy (non-hydrogen) atoms. The zero-order chi connectivity index (χ0) is 20.4. The normalized spacial score (nSPS) is 13.2. The zero-order valence-corrected chi connectivity index (χ0v) is 16.0. The maximum atomic E-state index is 12.8. The van der Waals surface area contributed by atoms with E-state index in [2.05, 4.69) is 25.4 Å². The van der Waals surface area contributed by atoms with Crippen molar-refractivity contribution in [1.82, 2.24) is 24.7 Å². The van der Waals surface area contributed by atoms with Crippen molar-refractivity contribution in [3.05, 3.63) is 93.0 Å². The Morgan fingerprint density at radius 1 is 1.07 bits per heavy atom. The highest BCUT2D eigenvalue weighted by Crippen LogP contribution is 2.18. The van der Waals surface area contributed by atoms with Gasteiger partial charge in [0.1, 0.15) is 0 Å². The summed E-state index contributed by atoms with van der Waals surface area (Å²) < 4.78 is 1.35. The molecule has 0 fully saturated rings. The molecule has 0 spiro atoms. The Balaban J connectivity index is 1.68. The number of nitrogens with one attached hydrogen (secondary N) is 2. The molecule has 0 aliphatic heterocycles. The van der Waals surface area contributed by atoms with Gasteiger partial charge in [0.05, 0.1) is 29.4 Å². The van der Waals surface area contributed by atoms with E-state index < -0.39 is 6.04 Å². The molecule has 1 aromatic carbocycles. The van der Waals surface area contributed by atoms with Crippen LogP contribution >= 0.6 is 0 Å². The molecule has 0 amide bonds. The van der Waals surface area contributed by atoms with E-state index in [1.54, 1.807) is 31.6 Å². The predicted molar refractivity (Wildman–Crippen MR) is 111 cm³/mol. The monoisotopic (exact) mass is 388 g/mol. The summed E-state index contributed by atoms with van der Waals surface area (Å²) in [7, 11) is 0. The molecule has 0 bridgehead atoms. The van der Waals surface area contributed by atoms with Gasteiger partial charge < -0.3 is 5.32 Å². The second-order valence-corrected chi connectivity index (χ2v) is 6.83. The summed E-state index contributed by atoms with van der Waals surface area (Å²) in [6.45, 7) is 3.74. The molecule has 4 aromatic rings. The van der Waals surface area contributed by atoms with Crippen LogP contribution in [0.1, 0.15) is 37.2 Å². The summed E-state index contributed by atoms with van der Waals surface area (Å²) >= 11 is 0. The van der Waals surface area contributed by atoms with Crippen LogP contribution in [0.5, 0.6) is 0 Å². The second-order valence-electron chi connectivity index (χ2n) is 6.83. The van der Waals surface area contributed by atoms with Gasteiger partial charge >= 0.3 is 0 Å². The third-order valence-corrected chi connectivity index (χ3v) is 4.81. The lowest BCUT2D eigenvalue weighted by atomic mass is 10.1. The minimum absolute atomic E-state index is 0.112. The van der Waals surface area contributed by atoms with E-state index in [9.17, 15) is 9.59 Å². The van der Waals surface area contributed by atoms with Crippen molar-refractivity contribution in [3.63, 3.8) is 0 Å². The fraction of sp³-hybridized carbons (Fsp3) is 0.190. The van der Waals surface area contributed by atoms with Crippen LogP contribution in [-0.2, 0) is 0 Å². The summed E-state index contributed by atoms with van der Waals surface area (Å²) in [5.74, 6) is 0.324. The summed E-state index contributed by atoms with van der Waals surface area (Å²) in [5.41, 5.74) is 0.869. The number of nitrogens with zero attached hydrogens (tertiary/aromatic N) is 4. The van der Waals surface area contributed by atoms with E-state index >= 15 is 0 Å². The van der Waals surface area contributed by atoms with Crippen molar-refractivity contribution in [1.29, 1.82) is 0 Å². The molecule has 0 aliphatic carbocycles. The summed E-state index contributed by atoms with van der Waals surface area (Å²) in [6.07, 6.45) is 5.10. The fourth-order valence-corrected chi connectivity index (χ4v) is 3.19. The molecule has 3 heterocycles. The van der Waals surface area contributed by atoms with Gasteiger partial charge in [0.25, 0.3) is 11.1 Å². The van der Waals surface area contributed by atoms with Gasteiger partial charge in [0.15, 0.2) is 0 Å². The Morgan fingerprint density at radius 2 is 1.90 bits per heavy atom. The van der Waals surface area contributed by atoms with Crippen LogP contribution in [0.25, 0.3) is 10.8 Å². The van der Waals surface area contributed by atoms with E-state index in [1.807, 2.05) is 37.3 Å². The Kier molecular flexibility index (Phi) is 4.90. The van der Waals surface area contributed by atoms with E-state index in [-0.39, 0.29) is 17.2 Å². The molecule has 0 aliphatic rings. The van der Waals surface area contributed by atoms with Gasteiger partial charge in [-0.1, -0.05) is 24.3 Å². The van der Waals surface area contributed by atoms with Gasteiger partial charge in [-0.25, -0.2) is 9.67 Å². The quantitative estimate of drug-likeness (QED) is 0.544. The highest BCUT2D eigenvalue weighted by Gasteiger charge is 2.16. The molecule has 8 heteroatoms. The first-order valence-corrected chi connectivity index (χ1v) is 9.27. The molecular formula is C21H20N6O2. The zero-order valence-electron chi connectivity index (χ0n) is 16.0. The molecule has 3 aromatic heterocycles. The van der Waals surface area contributed by atoms with Gasteiger partial charge in [-0.3, -0.25) is 19.6 Å². The van der Waals surface area contributed by atoms with Gasteiger partial charge in [-0.2, -0.15) is 5.10 Å². The molecule has 8 nitrogen and oxygen atoms in total. The first-order chi connectivity index (χ1) is 14.0. The van der Waals surface area contributed by atoms with Crippen LogP contribution in [0.3, 0.4) is 0 Å². The molecule has 0 radical (unpaired) electrons. The van der Waals surface area contributed by atoms with Crippen LogP contribution in [0.15, 0.2) is 70.6 Å². The summed E-state index contributed by atoms with van der Waals surface area (Å²) in [6, 6.07) is 11.8. The first kappa shape index (κ1) is 18.5. The van der Waals surface area contributed by atoms with E-state index in [1.165, 1.54) is 10.7 Å². The predicted octanol–water partition coefficient (Wildman–Crippen LogP) is 2.66. The SMILES string of the molecule is C[C@H](c1cc(=O)[nH]c(N[C@H](C)c2cccnc2)n1)n1ncc2ccccc2c1=O. The lowest BCUT2D eigenvalue weighted by Gasteiger charge is -2.17. The minimum atomic E-state index is -0.511. The van der Waals surface area contributed by atoms with E-state index in [0.717, 1.165) is 10.9 Å². The van der Waals surface area contributed by atoms with Gasteiger partial charge in [0.2, 0.25) is 5.95 Å². The largest absolute Gasteiger partial charge is 0.349 e. The van der Waals surface area contributed by atoms with Crippen LogP contribution in [0.2, 0.25) is 0 Å². The molecule has 4 rings (SSSR count). The van der Waals surface area contributed by atoms with Crippen LogP contribution in [-0.4, -0.2) is 24.7 Å². The van der Waals surface area contributed by atoms with Crippen LogP contribution < -0.4 is 16.4 Å². The topological polar surface area (TPSA) is 106 Å². The number of H-pyrrole nitrogens is 1. The highest BCUT2D eigenvalue weighted by atomic mass is 16.1. The third-order valence-electron chi connectivity index (χ3n) is 4.81. The molecule has 2 N–H and O–H groups in total. The van der Waals surface area contributed by atoms with Crippen molar-refractivity contribution >= 4 is 16.7 Å². The van der Waals surface area contributed by atoms with Crippen molar-refractivity contribution in [2.75, 3.05) is 5.32 Å². The van der Waals surface area contributed by atoms with Gasteiger partial charge in [0, 0.05) is 23.8 Å². The maximum Gasteiger partial charge on any atom is 0.275 e. The maximum absolute atomic E-state index is 12.8. The number of hydrogen-bond acceptors (Lipinski definition) is 6. The Labute approximate surface area is 166 Å². The fourth-order valence-electron chi connectivity index (χ4n) is 3.19. The van der Waals surface area contributed by atoms with Crippen molar-refractivity contribution in [2.24, 2.45) is 0 Å². The number of benzene rings is 1. The van der Waals surface area contributed by atoms with Gasteiger partial charge in [-0.05, 0) is 31.5 Å². The Bertz CT molecular complexity index is 1270. The lowest BCUT2D eigenvalue weighted by Crippen LogP contribution is -2.28. The number of rotatable bonds is 5. The summed E-state index contributed by atoms with van der Waals surface area (Å²) in [5, 5.41) is 8.79. The molecule has 0 saturated heterocycles. The van der Waals surface area contributed by atoms with E-state index in [4.69, 9.17) is 0 Å². The first-order valence-electron chi connectivity index (χ1n) is 9.27. The van der Waals surface area contributed by atoms with E-state index in [0.29, 0.717) is 17.0 Å². The summed E-state index contributed by atoms with van der Waals surface area (Å²) in [4.78, 5) is 36.4. The number of hydrogen-bond donors (Lipinski definition) is 2. The lowest BCUT2D eigenvalue weighted by molar-refractivity contribution is 0.524. The number of fused-ring (bicyclic) bond motifs is 1. The molecule has 2 atom stereocenters. The number of aromatic nitrogens is 5. The highest BCUT2D eigenvalue weighted by molar-refractivity contribution is 5.80. The standard InChI is InChI=1S/C21H20N6O2/c1-13(15-7-5-9-22-11-15)24-21-25-18(10-19(28)26-21)14(2)27-20(29)17-8-4-3-6-16(17)12-23-27/h3-14H,1-2H3,(H2,24,25,26,28)/t13-,14-/m1/s1. The van der Waals surface area contributed by atoms with Crippen molar-refractivity contribution < 1.29 is 0 Å². The number of aromatic amines is 1. The Morgan fingerprint density at radius 3 is 2.69 bits per heavy atom. The van der Waals surface area contributed by atoms with Crippen LogP contribution in [0.4, 0.5) is 5.95 Å². The average Bonchev–Trinajstić information content (AvgIpc) is 2.74. The number of pyridine rings is 1. The molecule has 146 valence electrons. The van der Waals surface area contributed by atoms with Crippen molar-refractivity contribution in [3.8, 4) is 0 Å². The number of anilines is 1.